The molecule has 22 heavy (non-hydrogen) atoms. The number of hydrogen-bond acceptors (Lipinski definition) is 4. The van der Waals surface area contributed by atoms with E-state index in [4.69, 9.17) is 0 Å². The molecule has 0 aromatic heterocycles. The Morgan fingerprint density at radius 3 is 2.73 bits per heavy atom. The molecule has 0 radical (unpaired) electrons. The van der Waals surface area contributed by atoms with Gasteiger partial charge in [0, 0.05) is 21.8 Å². The summed E-state index contributed by atoms with van der Waals surface area (Å²) in [6.45, 7) is 1.92. The lowest BCUT2D eigenvalue weighted by molar-refractivity contribution is -0.111. The minimum Gasteiger partial charge on any atom is -0.294 e. The van der Waals surface area contributed by atoms with Crippen molar-refractivity contribution in [3.63, 3.8) is 0 Å². The van der Waals surface area contributed by atoms with Gasteiger partial charge >= 0.3 is 0 Å². The summed E-state index contributed by atoms with van der Waals surface area (Å²) in [6.07, 6.45) is 2.20. The van der Waals surface area contributed by atoms with Crippen molar-refractivity contribution >= 4 is 34.4 Å². The lowest BCUT2D eigenvalue weighted by atomic mass is 9.97. The second-order valence-corrected chi connectivity index (χ2v) is 7.20. The molecular weight excluding hydrogens is 312 g/mol. The Hall–Kier alpha value is -1.52. The van der Waals surface area contributed by atoms with Crippen molar-refractivity contribution < 1.29 is 9.59 Å². The SMILES string of the molecule is CSC(=O)C(C)c1ccc2c(c1)CC(=O)c1ccccc1S2. The molecule has 3 rings (SSSR count). The van der Waals surface area contributed by atoms with Crippen molar-refractivity contribution in [3.05, 3.63) is 59.2 Å². The Bertz CT molecular complexity index is 753. The van der Waals surface area contributed by atoms with Crippen LogP contribution in [0.1, 0.15) is 34.3 Å². The van der Waals surface area contributed by atoms with Crippen molar-refractivity contribution in [3.8, 4) is 0 Å². The number of fused-ring (bicyclic) bond motifs is 2. The first-order valence-corrected chi connectivity index (χ1v) is 9.15. The van der Waals surface area contributed by atoms with Crippen LogP contribution in [0.2, 0.25) is 0 Å². The number of carbonyl (C=O) groups excluding carboxylic acids is 2. The molecule has 0 N–H and O–H groups in total. The third-order valence-corrected chi connectivity index (χ3v) is 5.85. The van der Waals surface area contributed by atoms with E-state index < -0.39 is 0 Å². The van der Waals surface area contributed by atoms with Gasteiger partial charge < -0.3 is 0 Å². The highest BCUT2D eigenvalue weighted by molar-refractivity contribution is 8.13. The van der Waals surface area contributed by atoms with Crippen molar-refractivity contribution in [2.24, 2.45) is 0 Å². The molecule has 0 amide bonds. The lowest BCUT2D eigenvalue weighted by Crippen LogP contribution is -2.07. The van der Waals surface area contributed by atoms with E-state index in [2.05, 4.69) is 0 Å². The van der Waals surface area contributed by atoms with Crippen LogP contribution in [0.15, 0.2) is 52.3 Å². The van der Waals surface area contributed by atoms with Crippen LogP contribution in [0, 0.1) is 0 Å². The van der Waals surface area contributed by atoms with Crippen LogP contribution >= 0.6 is 23.5 Å². The summed E-state index contributed by atoms with van der Waals surface area (Å²) >= 11 is 2.88. The predicted octanol–water partition coefficient (Wildman–Crippen LogP) is 4.57. The van der Waals surface area contributed by atoms with Gasteiger partial charge in [-0.25, -0.2) is 0 Å². The number of ketones is 1. The zero-order chi connectivity index (χ0) is 15.7. The van der Waals surface area contributed by atoms with Gasteiger partial charge in [0.25, 0.3) is 0 Å². The quantitative estimate of drug-likeness (QED) is 0.809. The normalized spacial score (nSPS) is 14.7. The van der Waals surface area contributed by atoms with E-state index in [1.807, 2.05) is 49.4 Å². The first-order valence-electron chi connectivity index (χ1n) is 7.11. The van der Waals surface area contributed by atoms with Gasteiger partial charge in [-0.05, 0) is 29.5 Å². The zero-order valence-corrected chi connectivity index (χ0v) is 14.1. The first-order chi connectivity index (χ1) is 10.6. The molecule has 0 bridgehead atoms. The molecule has 1 atom stereocenters. The number of rotatable bonds is 2. The van der Waals surface area contributed by atoms with Crippen LogP contribution < -0.4 is 0 Å². The molecule has 0 saturated carbocycles. The maximum atomic E-state index is 12.5. The zero-order valence-electron chi connectivity index (χ0n) is 12.5. The molecule has 0 fully saturated rings. The highest BCUT2D eigenvalue weighted by Gasteiger charge is 2.22. The van der Waals surface area contributed by atoms with E-state index in [9.17, 15) is 9.59 Å². The fourth-order valence-corrected chi connectivity index (χ4v) is 4.16. The van der Waals surface area contributed by atoms with Gasteiger partial charge in [-0.2, -0.15) is 0 Å². The summed E-state index contributed by atoms with van der Waals surface area (Å²) < 4.78 is 0. The van der Waals surface area contributed by atoms with Crippen molar-refractivity contribution in [2.45, 2.75) is 29.1 Å². The second kappa shape index (κ2) is 6.31. The highest BCUT2D eigenvalue weighted by Crippen LogP contribution is 2.38. The third-order valence-electron chi connectivity index (χ3n) is 3.90. The van der Waals surface area contributed by atoms with Gasteiger partial charge in [0.2, 0.25) is 0 Å². The van der Waals surface area contributed by atoms with Crippen LogP contribution in [0.4, 0.5) is 0 Å². The van der Waals surface area contributed by atoms with E-state index in [1.54, 1.807) is 18.0 Å². The van der Waals surface area contributed by atoms with E-state index in [0.717, 1.165) is 26.5 Å². The van der Waals surface area contributed by atoms with Crippen LogP contribution in [-0.2, 0) is 11.2 Å². The standard InChI is InChI=1S/C18H16O2S2/c1-11(18(20)21-2)12-7-8-16-13(9-12)10-15(19)14-5-3-4-6-17(14)22-16/h3-9,11H,10H2,1-2H3. The summed E-state index contributed by atoms with van der Waals surface area (Å²) in [5.41, 5.74) is 2.79. The molecule has 2 aromatic rings. The van der Waals surface area contributed by atoms with Gasteiger partial charge in [0.1, 0.15) is 0 Å². The minimum atomic E-state index is -0.147. The Balaban J connectivity index is 2.00. The van der Waals surface area contributed by atoms with Crippen molar-refractivity contribution in [2.75, 3.05) is 6.26 Å². The second-order valence-electron chi connectivity index (χ2n) is 5.31. The Morgan fingerprint density at radius 2 is 1.95 bits per heavy atom. The molecular formula is C18H16O2S2. The molecule has 0 aliphatic carbocycles. The van der Waals surface area contributed by atoms with Gasteiger partial charge in [0.15, 0.2) is 10.9 Å². The van der Waals surface area contributed by atoms with Crippen molar-refractivity contribution in [1.29, 1.82) is 0 Å². The number of carbonyl (C=O) groups is 2. The van der Waals surface area contributed by atoms with E-state index in [0.29, 0.717) is 6.42 Å². The van der Waals surface area contributed by atoms with Crippen molar-refractivity contribution in [1.82, 2.24) is 0 Å². The molecule has 2 aromatic carbocycles. The van der Waals surface area contributed by atoms with Gasteiger partial charge in [0.05, 0.1) is 5.92 Å². The number of benzene rings is 2. The largest absolute Gasteiger partial charge is 0.294 e. The fourth-order valence-electron chi connectivity index (χ4n) is 2.59. The summed E-state index contributed by atoms with van der Waals surface area (Å²) in [5.74, 6) is -0.00567. The third kappa shape index (κ3) is 2.85. The van der Waals surface area contributed by atoms with Gasteiger partial charge in [-0.1, -0.05) is 60.8 Å². The summed E-state index contributed by atoms with van der Waals surface area (Å²) in [7, 11) is 0. The summed E-state index contributed by atoms with van der Waals surface area (Å²) in [4.78, 5) is 26.4. The summed E-state index contributed by atoms with van der Waals surface area (Å²) in [6, 6.07) is 13.8. The predicted molar refractivity (Wildman–Crippen MR) is 92.0 cm³/mol. The molecule has 1 aliphatic heterocycles. The molecule has 1 aliphatic rings. The fraction of sp³-hybridized carbons (Fsp3) is 0.222. The molecule has 1 unspecified atom stereocenters. The average Bonchev–Trinajstić information content (AvgIpc) is 2.68. The van der Waals surface area contributed by atoms with E-state index in [1.165, 1.54) is 11.8 Å². The minimum absolute atomic E-state index is 0.142. The maximum absolute atomic E-state index is 12.5. The number of thioether (sulfide) groups is 1. The average molecular weight is 328 g/mol. The molecule has 0 spiro atoms. The van der Waals surface area contributed by atoms with E-state index >= 15 is 0 Å². The maximum Gasteiger partial charge on any atom is 0.195 e. The molecule has 1 heterocycles. The molecule has 2 nitrogen and oxygen atoms in total. The molecule has 4 heteroatoms. The highest BCUT2D eigenvalue weighted by atomic mass is 32.2. The van der Waals surface area contributed by atoms with Gasteiger partial charge in [-0.15, -0.1) is 0 Å². The molecule has 0 saturated heterocycles. The number of Topliss-reactive ketones (excluding diaryl/α,β-unsaturated/α-hetero) is 1. The number of hydrogen-bond donors (Lipinski definition) is 0. The van der Waals surface area contributed by atoms with Gasteiger partial charge in [-0.3, -0.25) is 9.59 Å². The Labute approximate surface area is 138 Å². The van der Waals surface area contributed by atoms with Crippen LogP contribution in [0.5, 0.6) is 0 Å². The van der Waals surface area contributed by atoms with Crippen LogP contribution in [-0.4, -0.2) is 17.2 Å². The lowest BCUT2D eigenvalue weighted by Gasteiger charge is -2.12. The summed E-state index contributed by atoms with van der Waals surface area (Å²) in [5, 5.41) is 0.149. The Kier molecular flexibility index (Phi) is 4.41. The molecule has 112 valence electrons. The van der Waals surface area contributed by atoms with Crippen LogP contribution in [0.3, 0.4) is 0 Å². The monoisotopic (exact) mass is 328 g/mol. The Morgan fingerprint density at radius 1 is 1.18 bits per heavy atom. The van der Waals surface area contributed by atoms with Crippen LogP contribution in [0.25, 0.3) is 0 Å². The topological polar surface area (TPSA) is 34.1 Å². The smallest absolute Gasteiger partial charge is 0.195 e. The van der Waals surface area contributed by atoms with E-state index in [-0.39, 0.29) is 16.8 Å². The first kappa shape index (κ1) is 15.4.